The van der Waals surface area contributed by atoms with Gasteiger partial charge in [-0.2, -0.15) is 5.10 Å². The van der Waals surface area contributed by atoms with Crippen molar-refractivity contribution >= 4 is 17.5 Å². The number of amides is 2. The average molecular weight is 470 g/mol. The fourth-order valence-corrected chi connectivity index (χ4v) is 3.73. The number of nitrogens with zero attached hydrogens (tertiary/aromatic N) is 3. The average Bonchev–Trinajstić information content (AvgIpc) is 3.32. The zero-order valence-electron chi connectivity index (χ0n) is 20.0. The maximum absolute atomic E-state index is 13.4. The van der Waals surface area contributed by atoms with Gasteiger partial charge in [-0.25, -0.2) is 5.01 Å². The number of hydrogen-bond acceptors (Lipinski definition) is 7. The smallest absolute Gasteiger partial charge is 0.262 e. The van der Waals surface area contributed by atoms with E-state index in [4.69, 9.17) is 18.9 Å². The van der Waals surface area contributed by atoms with Crippen LogP contribution in [0.1, 0.15) is 23.6 Å². The molecule has 182 valence electrons. The zero-order chi connectivity index (χ0) is 24.5. The van der Waals surface area contributed by atoms with Crippen LogP contribution in [0.5, 0.6) is 11.5 Å². The number of ether oxygens (including phenoxy) is 4. The molecule has 0 radical (unpaired) electrons. The van der Waals surface area contributed by atoms with Crippen LogP contribution in [0.25, 0.3) is 0 Å². The van der Waals surface area contributed by atoms with Crippen LogP contribution in [0.15, 0.2) is 53.6 Å². The number of hydrogen-bond donors (Lipinski definition) is 0. The van der Waals surface area contributed by atoms with Crippen molar-refractivity contribution < 1.29 is 28.5 Å². The molecular formula is C25H31N3O6. The van der Waals surface area contributed by atoms with Gasteiger partial charge in [0.1, 0.15) is 24.7 Å². The van der Waals surface area contributed by atoms with E-state index in [-0.39, 0.29) is 37.6 Å². The number of carbonyl (C=O) groups excluding carboxylic acids is 2. The van der Waals surface area contributed by atoms with Gasteiger partial charge in [0, 0.05) is 27.2 Å². The quantitative estimate of drug-likeness (QED) is 0.502. The molecule has 0 bridgehead atoms. The minimum atomic E-state index is -0.308. The lowest BCUT2D eigenvalue weighted by molar-refractivity contribution is -0.144. The monoisotopic (exact) mass is 469 g/mol. The standard InChI is InChI=1S/C25H31N3O6/c1-31-14-13-27(25(30)17-32-2)16-24(29)28-23(19-7-11-21(34-4)12-8-19)15-22(26-28)18-5-9-20(33-3)10-6-18/h5-12,23H,13-17H2,1-4H3/t23-/m1/s1. The van der Waals surface area contributed by atoms with Gasteiger partial charge < -0.3 is 23.8 Å². The molecule has 3 rings (SSSR count). The Morgan fingerprint density at radius 1 is 0.941 bits per heavy atom. The van der Waals surface area contributed by atoms with Crippen LogP contribution in [0.2, 0.25) is 0 Å². The summed E-state index contributed by atoms with van der Waals surface area (Å²) >= 11 is 0. The van der Waals surface area contributed by atoms with E-state index >= 15 is 0 Å². The highest BCUT2D eigenvalue weighted by Crippen LogP contribution is 2.34. The number of methoxy groups -OCH3 is 4. The van der Waals surface area contributed by atoms with E-state index in [0.717, 1.165) is 28.3 Å². The first-order valence-electron chi connectivity index (χ1n) is 10.9. The molecule has 0 aromatic heterocycles. The minimum absolute atomic E-state index is 0.112. The Bertz CT molecular complexity index is 991. The summed E-state index contributed by atoms with van der Waals surface area (Å²) in [6.45, 7) is 0.350. The molecule has 34 heavy (non-hydrogen) atoms. The largest absolute Gasteiger partial charge is 0.497 e. The second kappa shape index (κ2) is 12.2. The third-order valence-corrected chi connectivity index (χ3v) is 5.60. The molecule has 9 nitrogen and oxygen atoms in total. The number of rotatable bonds is 11. The molecular weight excluding hydrogens is 438 g/mol. The molecule has 0 saturated heterocycles. The molecule has 0 aliphatic carbocycles. The summed E-state index contributed by atoms with van der Waals surface area (Å²) < 4.78 is 20.6. The van der Waals surface area contributed by atoms with Crippen molar-refractivity contribution in [3.63, 3.8) is 0 Å². The summed E-state index contributed by atoms with van der Waals surface area (Å²) in [6, 6.07) is 14.8. The summed E-state index contributed by atoms with van der Waals surface area (Å²) in [4.78, 5) is 27.3. The van der Waals surface area contributed by atoms with Crippen LogP contribution >= 0.6 is 0 Å². The van der Waals surface area contributed by atoms with Crippen LogP contribution in [0, 0.1) is 0 Å². The van der Waals surface area contributed by atoms with Gasteiger partial charge in [-0.15, -0.1) is 0 Å². The number of benzene rings is 2. The minimum Gasteiger partial charge on any atom is -0.497 e. The van der Waals surface area contributed by atoms with E-state index in [1.807, 2.05) is 48.5 Å². The van der Waals surface area contributed by atoms with E-state index in [9.17, 15) is 9.59 Å². The van der Waals surface area contributed by atoms with Crippen molar-refractivity contribution in [2.24, 2.45) is 5.10 Å². The maximum atomic E-state index is 13.4. The maximum Gasteiger partial charge on any atom is 0.262 e. The first-order chi connectivity index (χ1) is 16.5. The molecule has 9 heteroatoms. The molecule has 1 atom stereocenters. The summed E-state index contributed by atoms with van der Waals surface area (Å²) in [7, 11) is 6.21. The van der Waals surface area contributed by atoms with Crippen LogP contribution in [0.3, 0.4) is 0 Å². The van der Waals surface area contributed by atoms with Crippen molar-refractivity contribution in [2.75, 3.05) is 54.7 Å². The third kappa shape index (κ3) is 6.12. The predicted octanol–water partition coefficient (Wildman–Crippen LogP) is 2.50. The van der Waals surface area contributed by atoms with Crippen LogP contribution < -0.4 is 9.47 Å². The van der Waals surface area contributed by atoms with Gasteiger partial charge in [-0.1, -0.05) is 12.1 Å². The van der Waals surface area contributed by atoms with Gasteiger partial charge in [0.05, 0.1) is 32.6 Å². The lowest BCUT2D eigenvalue weighted by Gasteiger charge is -2.27. The molecule has 1 aliphatic heterocycles. The molecule has 2 aromatic carbocycles. The van der Waals surface area contributed by atoms with Gasteiger partial charge in [-0.3, -0.25) is 9.59 Å². The summed E-state index contributed by atoms with van der Waals surface area (Å²) in [5.41, 5.74) is 2.61. The normalized spacial score (nSPS) is 15.1. The number of carbonyl (C=O) groups is 2. The Balaban J connectivity index is 1.88. The summed E-state index contributed by atoms with van der Waals surface area (Å²) in [6.07, 6.45) is 0.536. The summed E-state index contributed by atoms with van der Waals surface area (Å²) in [5, 5.41) is 6.15. The van der Waals surface area contributed by atoms with E-state index in [0.29, 0.717) is 13.0 Å². The lowest BCUT2D eigenvalue weighted by Crippen LogP contribution is -2.44. The Morgan fingerprint density at radius 2 is 1.56 bits per heavy atom. The molecule has 1 heterocycles. The van der Waals surface area contributed by atoms with Gasteiger partial charge >= 0.3 is 0 Å². The molecule has 0 unspecified atom stereocenters. The second-order valence-electron chi connectivity index (χ2n) is 7.75. The fourth-order valence-electron chi connectivity index (χ4n) is 3.73. The highest BCUT2D eigenvalue weighted by molar-refractivity contribution is 6.03. The van der Waals surface area contributed by atoms with Crippen molar-refractivity contribution in [1.82, 2.24) is 9.91 Å². The predicted molar refractivity (Wildman–Crippen MR) is 127 cm³/mol. The molecule has 0 fully saturated rings. The highest BCUT2D eigenvalue weighted by atomic mass is 16.5. The first-order valence-corrected chi connectivity index (χ1v) is 10.9. The first kappa shape index (κ1) is 25.2. The van der Waals surface area contributed by atoms with Gasteiger partial charge in [0.15, 0.2) is 0 Å². The molecule has 2 amide bonds. The highest BCUT2D eigenvalue weighted by Gasteiger charge is 2.34. The van der Waals surface area contributed by atoms with Gasteiger partial charge in [0.2, 0.25) is 5.91 Å². The van der Waals surface area contributed by atoms with Gasteiger partial charge in [0.25, 0.3) is 5.91 Å². The van der Waals surface area contributed by atoms with E-state index < -0.39 is 0 Å². The topological polar surface area (TPSA) is 89.9 Å². The molecule has 1 aliphatic rings. The Kier molecular flexibility index (Phi) is 9.00. The lowest BCUT2D eigenvalue weighted by atomic mass is 9.98. The SMILES string of the molecule is COCCN(CC(=O)N1N=C(c2ccc(OC)cc2)C[C@@H]1c1ccc(OC)cc1)C(=O)COC. The molecule has 0 spiro atoms. The van der Waals surface area contributed by atoms with Gasteiger partial charge in [-0.05, 0) is 47.5 Å². The Morgan fingerprint density at radius 3 is 2.12 bits per heavy atom. The molecule has 0 N–H and O–H groups in total. The molecule has 2 aromatic rings. The zero-order valence-corrected chi connectivity index (χ0v) is 20.0. The van der Waals surface area contributed by atoms with Crippen LogP contribution in [-0.2, 0) is 19.1 Å². The summed E-state index contributed by atoms with van der Waals surface area (Å²) in [5.74, 6) is 0.900. The van der Waals surface area contributed by atoms with E-state index in [2.05, 4.69) is 5.10 Å². The van der Waals surface area contributed by atoms with E-state index in [1.165, 1.54) is 17.0 Å². The van der Waals surface area contributed by atoms with Crippen molar-refractivity contribution in [3.8, 4) is 11.5 Å². The second-order valence-corrected chi connectivity index (χ2v) is 7.75. The third-order valence-electron chi connectivity index (χ3n) is 5.60. The van der Waals surface area contributed by atoms with Crippen molar-refractivity contribution in [2.45, 2.75) is 12.5 Å². The van der Waals surface area contributed by atoms with Crippen molar-refractivity contribution in [1.29, 1.82) is 0 Å². The Labute approximate surface area is 199 Å². The van der Waals surface area contributed by atoms with Crippen LogP contribution in [0.4, 0.5) is 0 Å². The fraction of sp³-hybridized carbons (Fsp3) is 0.400. The number of hydrazone groups is 1. The van der Waals surface area contributed by atoms with Crippen molar-refractivity contribution in [3.05, 3.63) is 59.7 Å². The van der Waals surface area contributed by atoms with E-state index in [1.54, 1.807) is 21.3 Å². The van der Waals surface area contributed by atoms with Crippen LogP contribution in [-0.4, -0.2) is 82.2 Å². The molecule has 0 saturated carbocycles. The Hall–Kier alpha value is -3.43.